The lowest BCUT2D eigenvalue weighted by atomic mass is 10.1. The van der Waals surface area contributed by atoms with Crippen molar-refractivity contribution in [2.24, 2.45) is 0 Å². The molecule has 2 aromatic rings. The summed E-state index contributed by atoms with van der Waals surface area (Å²) < 4.78 is 13.7. The Kier molecular flexibility index (Phi) is 3.78. The van der Waals surface area contributed by atoms with Gasteiger partial charge in [0.2, 0.25) is 0 Å². The third-order valence-electron chi connectivity index (χ3n) is 3.63. The van der Waals surface area contributed by atoms with Gasteiger partial charge in [-0.3, -0.25) is 4.90 Å². The van der Waals surface area contributed by atoms with E-state index in [1.165, 1.54) is 6.07 Å². The van der Waals surface area contributed by atoms with Crippen LogP contribution in [0.5, 0.6) is 0 Å². The lowest BCUT2D eigenvalue weighted by molar-refractivity contribution is 0.0696. The molecule has 0 amide bonds. The van der Waals surface area contributed by atoms with Crippen molar-refractivity contribution in [2.75, 3.05) is 0 Å². The number of hydrogen-bond donors (Lipinski definition) is 1. The lowest BCUT2D eigenvalue weighted by Crippen LogP contribution is -2.15. The van der Waals surface area contributed by atoms with Crippen LogP contribution in [0.25, 0.3) is 0 Å². The number of nitrogens with zero attached hydrogens (tertiary/aromatic N) is 1. The zero-order valence-corrected chi connectivity index (χ0v) is 12.7. The van der Waals surface area contributed by atoms with E-state index in [0.29, 0.717) is 23.1 Å². The van der Waals surface area contributed by atoms with Crippen molar-refractivity contribution >= 4 is 21.9 Å². The highest BCUT2D eigenvalue weighted by Crippen LogP contribution is 2.26. The van der Waals surface area contributed by atoms with E-state index in [4.69, 9.17) is 5.11 Å². The summed E-state index contributed by atoms with van der Waals surface area (Å²) in [5, 5.41) is 9.02. The molecule has 1 aliphatic rings. The molecule has 108 valence electrons. The smallest absolute Gasteiger partial charge is 0.335 e. The number of halogens is 2. The second-order valence-corrected chi connectivity index (χ2v) is 6.04. The minimum Gasteiger partial charge on any atom is -0.478 e. The van der Waals surface area contributed by atoms with Crippen molar-refractivity contribution < 1.29 is 14.3 Å². The summed E-state index contributed by atoms with van der Waals surface area (Å²) in [6.07, 6.45) is 0. The Balaban J connectivity index is 1.75. The number of carboxylic acid groups (broad SMARTS) is 1. The minimum absolute atomic E-state index is 0.269. The van der Waals surface area contributed by atoms with Gasteiger partial charge in [0.05, 0.1) is 10.0 Å². The van der Waals surface area contributed by atoms with Gasteiger partial charge in [0, 0.05) is 19.6 Å². The Hall–Kier alpha value is -1.72. The third kappa shape index (κ3) is 2.99. The zero-order valence-electron chi connectivity index (χ0n) is 11.1. The van der Waals surface area contributed by atoms with Crippen molar-refractivity contribution in [3.05, 3.63) is 68.9 Å². The van der Waals surface area contributed by atoms with E-state index in [-0.39, 0.29) is 5.82 Å². The molecule has 21 heavy (non-hydrogen) atoms. The van der Waals surface area contributed by atoms with Gasteiger partial charge in [-0.05, 0) is 56.9 Å². The molecule has 0 aliphatic carbocycles. The van der Waals surface area contributed by atoms with Gasteiger partial charge in [0.1, 0.15) is 5.82 Å². The standard InChI is InChI=1S/C16H13BrFNO2/c17-14-5-10(1-4-15(14)18)7-19-8-12-3-2-11(16(20)21)6-13(12)9-19/h1-6H,7-9H2,(H,20,21). The van der Waals surface area contributed by atoms with Crippen LogP contribution in [0.2, 0.25) is 0 Å². The molecular formula is C16H13BrFNO2. The van der Waals surface area contributed by atoms with Crippen molar-refractivity contribution in [3.63, 3.8) is 0 Å². The third-order valence-corrected chi connectivity index (χ3v) is 4.24. The Morgan fingerprint density at radius 2 is 1.95 bits per heavy atom. The quantitative estimate of drug-likeness (QED) is 0.915. The molecule has 0 spiro atoms. The fraction of sp³-hybridized carbons (Fsp3) is 0.188. The number of aromatic carboxylic acids is 1. The molecule has 3 rings (SSSR count). The number of fused-ring (bicyclic) bond motifs is 1. The first kappa shape index (κ1) is 14.2. The number of rotatable bonds is 3. The average molecular weight is 350 g/mol. The molecule has 0 saturated carbocycles. The maximum absolute atomic E-state index is 13.2. The molecule has 0 atom stereocenters. The van der Waals surface area contributed by atoms with E-state index < -0.39 is 5.97 Å². The molecule has 0 saturated heterocycles. The van der Waals surface area contributed by atoms with E-state index in [1.807, 2.05) is 6.07 Å². The molecule has 1 aliphatic heterocycles. The average Bonchev–Trinajstić information content (AvgIpc) is 2.84. The summed E-state index contributed by atoms with van der Waals surface area (Å²) >= 11 is 3.19. The summed E-state index contributed by atoms with van der Waals surface area (Å²) in [6.45, 7) is 2.20. The van der Waals surface area contributed by atoms with Crippen molar-refractivity contribution in [3.8, 4) is 0 Å². The molecule has 1 heterocycles. The van der Waals surface area contributed by atoms with Gasteiger partial charge in [0.25, 0.3) is 0 Å². The predicted molar refractivity (Wildman–Crippen MR) is 80.5 cm³/mol. The van der Waals surface area contributed by atoms with E-state index in [9.17, 15) is 9.18 Å². The molecule has 3 nitrogen and oxygen atoms in total. The Morgan fingerprint density at radius 1 is 1.19 bits per heavy atom. The van der Waals surface area contributed by atoms with Crippen LogP contribution in [0.15, 0.2) is 40.9 Å². The van der Waals surface area contributed by atoms with Gasteiger partial charge in [-0.15, -0.1) is 0 Å². The maximum atomic E-state index is 13.2. The van der Waals surface area contributed by atoms with Crippen LogP contribution in [0.3, 0.4) is 0 Å². The summed E-state index contributed by atoms with van der Waals surface area (Å²) in [6, 6.07) is 10.2. The fourth-order valence-corrected chi connectivity index (χ4v) is 3.03. The van der Waals surface area contributed by atoms with E-state index in [0.717, 1.165) is 23.2 Å². The topological polar surface area (TPSA) is 40.5 Å². The monoisotopic (exact) mass is 349 g/mol. The highest BCUT2D eigenvalue weighted by Gasteiger charge is 2.20. The van der Waals surface area contributed by atoms with Crippen LogP contribution in [0, 0.1) is 5.82 Å². The summed E-state index contributed by atoms with van der Waals surface area (Å²) in [4.78, 5) is 13.2. The first-order valence-corrected chi connectivity index (χ1v) is 7.33. The van der Waals surface area contributed by atoms with Gasteiger partial charge in [-0.1, -0.05) is 12.1 Å². The number of benzene rings is 2. The first-order valence-electron chi connectivity index (χ1n) is 6.54. The van der Waals surface area contributed by atoms with Gasteiger partial charge < -0.3 is 5.11 Å². The number of carboxylic acids is 1. The number of hydrogen-bond acceptors (Lipinski definition) is 2. The second-order valence-electron chi connectivity index (χ2n) is 5.18. The molecular weight excluding hydrogens is 337 g/mol. The van der Waals surface area contributed by atoms with Crippen LogP contribution in [0.1, 0.15) is 27.0 Å². The SMILES string of the molecule is O=C(O)c1ccc2c(c1)CN(Cc1ccc(F)c(Br)c1)C2. The second kappa shape index (κ2) is 5.58. The summed E-state index contributed by atoms with van der Waals surface area (Å²) in [7, 11) is 0. The van der Waals surface area contributed by atoms with Crippen molar-refractivity contribution in [1.29, 1.82) is 0 Å². The summed E-state index contributed by atoms with van der Waals surface area (Å²) in [5.74, 6) is -1.17. The molecule has 1 N–H and O–H groups in total. The normalized spacial score (nSPS) is 14.2. The van der Waals surface area contributed by atoms with Crippen LogP contribution >= 0.6 is 15.9 Å². The molecule has 0 aromatic heterocycles. The Labute approximate surface area is 130 Å². The molecule has 0 radical (unpaired) electrons. The Bertz CT molecular complexity index is 717. The van der Waals surface area contributed by atoms with Crippen LogP contribution in [-0.2, 0) is 19.6 Å². The van der Waals surface area contributed by atoms with Crippen LogP contribution in [-0.4, -0.2) is 16.0 Å². The maximum Gasteiger partial charge on any atom is 0.335 e. The molecule has 0 unspecified atom stereocenters. The van der Waals surface area contributed by atoms with Crippen molar-refractivity contribution in [2.45, 2.75) is 19.6 Å². The fourth-order valence-electron chi connectivity index (χ4n) is 2.61. The van der Waals surface area contributed by atoms with Crippen molar-refractivity contribution in [1.82, 2.24) is 4.90 Å². The zero-order chi connectivity index (χ0) is 15.0. The first-order chi connectivity index (χ1) is 10.0. The Morgan fingerprint density at radius 3 is 2.67 bits per heavy atom. The van der Waals surface area contributed by atoms with Gasteiger partial charge in [-0.25, -0.2) is 9.18 Å². The predicted octanol–water partition coefficient (Wildman–Crippen LogP) is 3.80. The van der Waals surface area contributed by atoms with Crippen LogP contribution < -0.4 is 0 Å². The molecule has 0 fully saturated rings. The highest BCUT2D eigenvalue weighted by molar-refractivity contribution is 9.10. The van der Waals surface area contributed by atoms with E-state index >= 15 is 0 Å². The molecule has 5 heteroatoms. The highest BCUT2D eigenvalue weighted by atomic mass is 79.9. The lowest BCUT2D eigenvalue weighted by Gasteiger charge is -2.15. The van der Waals surface area contributed by atoms with E-state index in [1.54, 1.807) is 24.3 Å². The van der Waals surface area contributed by atoms with E-state index in [2.05, 4.69) is 20.8 Å². The van der Waals surface area contributed by atoms with Gasteiger partial charge in [-0.2, -0.15) is 0 Å². The van der Waals surface area contributed by atoms with Gasteiger partial charge >= 0.3 is 5.97 Å². The largest absolute Gasteiger partial charge is 0.478 e. The van der Waals surface area contributed by atoms with Crippen LogP contribution in [0.4, 0.5) is 4.39 Å². The summed E-state index contributed by atoms with van der Waals surface area (Å²) in [5.41, 5.74) is 3.55. The van der Waals surface area contributed by atoms with Gasteiger partial charge in [0.15, 0.2) is 0 Å². The number of carbonyl (C=O) groups is 1. The molecule has 0 bridgehead atoms. The molecule has 2 aromatic carbocycles. The minimum atomic E-state index is -0.904.